The Morgan fingerprint density at radius 2 is 2.00 bits per heavy atom. The van der Waals surface area contributed by atoms with Crippen LogP contribution in [0.3, 0.4) is 0 Å². The summed E-state index contributed by atoms with van der Waals surface area (Å²) in [7, 11) is 0. The summed E-state index contributed by atoms with van der Waals surface area (Å²) in [6, 6.07) is 4.71. The molecule has 0 aliphatic carbocycles. The van der Waals surface area contributed by atoms with Crippen LogP contribution >= 0.6 is 11.6 Å². The minimum atomic E-state index is -0.543. The highest BCUT2D eigenvalue weighted by Gasteiger charge is 2.12. The zero-order valence-corrected chi connectivity index (χ0v) is 8.46. The fourth-order valence-corrected chi connectivity index (χ4v) is 1.46. The van der Waals surface area contributed by atoms with E-state index in [1.54, 1.807) is 16.7 Å². The Labute approximate surface area is 91.1 Å². The molecule has 1 unspecified atom stereocenters. The van der Waals surface area contributed by atoms with Gasteiger partial charge in [0.25, 0.3) is 0 Å². The van der Waals surface area contributed by atoms with Crippen LogP contribution in [0.5, 0.6) is 5.75 Å². The van der Waals surface area contributed by atoms with Crippen LogP contribution in [0, 0.1) is 0 Å². The molecule has 0 saturated heterocycles. The molecule has 78 valence electrons. The number of aromatic hydroxyl groups is 1. The van der Waals surface area contributed by atoms with Gasteiger partial charge in [0.05, 0.1) is 0 Å². The van der Waals surface area contributed by atoms with Crippen molar-refractivity contribution in [1.82, 2.24) is 14.8 Å². The van der Waals surface area contributed by atoms with Gasteiger partial charge in [-0.05, 0) is 18.2 Å². The van der Waals surface area contributed by atoms with Gasteiger partial charge in [-0.25, -0.2) is 0 Å². The van der Waals surface area contributed by atoms with E-state index in [0.717, 1.165) is 0 Å². The Balaban J connectivity index is 2.41. The van der Waals surface area contributed by atoms with Crippen molar-refractivity contribution < 1.29 is 5.11 Å². The molecule has 0 saturated carbocycles. The monoisotopic (exact) mass is 224 g/mol. The van der Waals surface area contributed by atoms with Crippen LogP contribution in [0.25, 0.3) is 0 Å². The topological polar surface area (TPSA) is 77.0 Å². The van der Waals surface area contributed by atoms with E-state index in [9.17, 15) is 5.11 Å². The lowest BCUT2D eigenvalue weighted by atomic mass is 10.1. The van der Waals surface area contributed by atoms with Gasteiger partial charge in [0.15, 0.2) is 0 Å². The van der Waals surface area contributed by atoms with Gasteiger partial charge in [-0.15, -0.1) is 10.2 Å². The molecule has 1 aromatic heterocycles. The second-order valence-corrected chi connectivity index (χ2v) is 3.49. The van der Waals surface area contributed by atoms with E-state index in [4.69, 9.17) is 17.3 Å². The van der Waals surface area contributed by atoms with Crippen molar-refractivity contribution in [3.8, 4) is 5.75 Å². The van der Waals surface area contributed by atoms with Crippen LogP contribution in [0.15, 0.2) is 30.9 Å². The number of hydrogen-bond acceptors (Lipinski definition) is 4. The third-order valence-electron chi connectivity index (χ3n) is 2.07. The Morgan fingerprint density at radius 3 is 2.67 bits per heavy atom. The quantitative estimate of drug-likeness (QED) is 0.802. The van der Waals surface area contributed by atoms with Crippen LogP contribution in [0.2, 0.25) is 5.02 Å². The molecule has 5 nitrogen and oxygen atoms in total. The van der Waals surface area contributed by atoms with Crippen molar-refractivity contribution in [3.05, 3.63) is 41.4 Å². The first-order valence-electron chi connectivity index (χ1n) is 4.26. The number of halogens is 1. The van der Waals surface area contributed by atoms with Gasteiger partial charge in [-0.3, -0.25) is 4.57 Å². The second kappa shape index (κ2) is 3.88. The number of nitrogens with zero attached hydrogens (tertiary/aromatic N) is 3. The Kier molecular flexibility index (Phi) is 2.57. The first kappa shape index (κ1) is 9.95. The van der Waals surface area contributed by atoms with Gasteiger partial charge < -0.3 is 10.8 Å². The summed E-state index contributed by atoms with van der Waals surface area (Å²) < 4.78 is 1.57. The zero-order valence-electron chi connectivity index (χ0n) is 7.71. The molecule has 0 aliphatic heterocycles. The van der Waals surface area contributed by atoms with Gasteiger partial charge in [-0.1, -0.05) is 11.6 Å². The van der Waals surface area contributed by atoms with E-state index < -0.39 is 6.17 Å². The molecule has 0 spiro atoms. The van der Waals surface area contributed by atoms with Crippen LogP contribution in [-0.4, -0.2) is 19.9 Å². The van der Waals surface area contributed by atoms with Crippen LogP contribution in [-0.2, 0) is 0 Å². The maximum absolute atomic E-state index is 9.61. The lowest BCUT2D eigenvalue weighted by Crippen LogP contribution is -2.18. The molecule has 0 radical (unpaired) electrons. The lowest BCUT2D eigenvalue weighted by molar-refractivity contribution is 0.454. The largest absolute Gasteiger partial charge is 0.508 e. The number of phenols is 1. The van der Waals surface area contributed by atoms with Crippen LogP contribution < -0.4 is 5.73 Å². The highest BCUT2D eigenvalue weighted by molar-refractivity contribution is 6.30. The average molecular weight is 225 g/mol. The van der Waals surface area contributed by atoms with Gasteiger partial charge in [-0.2, -0.15) is 0 Å². The molecule has 6 heteroatoms. The third-order valence-corrected chi connectivity index (χ3v) is 2.30. The van der Waals surface area contributed by atoms with Crippen molar-refractivity contribution in [2.45, 2.75) is 6.17 Å². The SMILES string of the molecule is NC(c1cc(Cl)ccc1O)n1cnnc1. The fraction of sp³-hybridized carbons (Fsp3) is 0.111. The van der Waals surface area contributed by atoms with Crippen molar-refractivity contribution in [2.24, 2.45) is 5.73 Å². The summed E-state index contributed by atoms with van der Waals surface area (Å²) in [5.74, 6) is 0.0978. The van der Waals surface area contributed by atoms with Crippen molar-refractivity contribution >= 4 is 11.6 Å². The van der Waals surface area contributed by atoms with Crippen molar-refractivity contribution in [2.75, 3.05) is 0 Å². The second-order valence-electron chi connectivity index (χ2n) is 3.06. The molecule has 2 aromatic rings. The molecule has 15 heavy (non-hydrogen) atoms. The maximum Gasteiger partial charge on any atom is 0.122 e. The Bertz CT molecular complexity index is 457. The minimum Gasteiger partial charge on any atom is -0.508 e. The van der Waals surface area contributed by atoms with E-state index in [1.165, 1.54) is 18.7 Å². The Morgan fingerprint density at radius 1 is 1.33 bits per heavy atom. The summed E-state index contributed by atoms with van der Waals surface area (Å²) >= 11 is 5.82. The van der Waals surface area contributed by atoms with Gasteiger partial charge in [0.2, 0.25) is 0 Å². The maximum atomic E-state index is 9.61. The van der Waals surface area contributed by atoms with E-state index >= 15 is 0 Å². The molecule has 0 bridgehead atoms. The van der Waals surface area contributed by atoms with Gasteiger partial charge >= 0.3 is 0 Å². The molecular weight excluding hydrogens is 216 g/mol. The van der Waals surface area contributed by atoms with Crippen molar-refractivity contribution in [1.29, 1.82) is 0 Å². The van der Waals surface area contributed by atoms with Crippen LogP contribution in [0.1, 0.15) is 11.7 Å². The van der Waals surface area contributed by atoms with E-state index in [2.05, 4.69) is 10.2 Å². The minimum absolute atomic E-state index is 0.0978. The van der Waals surface area contributed by atoms with E-state index in [0.29, 0.717) is 10.6 Å². The fourth-order valence-electron chi connectivity index (χ4n) is 1.28. The number of hydrogen-bond donors (Lipinski definition) is 2. The number of aromatic nitrogens is 3. The van der Waals surface area contributed by atoms with E-state index in [1.807, 2.05) is 0 Å². The van der Waals surface area contributed by atoms with Gasteiger partial charge in [0.1, 0.15) is 24.6 Å². The summed E-state index contributed by atoms with van der Waals surface area (Å²) in [5.41, 5.74) is 6.42. The average Bonchev–Trinajstić information content (AvgIpc) is 2.74. The van der Waals surface area contributed by atoms with Crippen molar-refractivity contribution in [3.63, 3.8) is 0 Å². The van der Waals surface area contributed by atoms with E-state index in [-0.39, 0.29) is 5.75 Å². The number of nitrogens with two attached hydrogens (primary N) is 1. The summed E-state index contributed by atoms with van der Waals surface area (Å²) in [5, 5.41) is 17.4. The first-order chi connectivity index (χ1) is 7.18. The third kappa shape index (κ3) is 1.93. The predicted molar refractivity (Wildman–Crippen MR) is 55.5 cm³/mol. The Hall–Kier alpha value is -1.59. The molecule has 1 aromatic carbocycles. The molecular formula is C9H9ClN4O. The van der Waals surface area contributed by atoms with Crippen LogP contribution in [0.4, 0.5) is 0 Å². The zero-order chi connectivity index (χ0) is 10.8. The number of rotatable bonds is 2. The predicted octanol–water partition coefficient (Wildman–Crippen LogP) is 1.14. The summed E-state index contributed by atoms with van der Waals surface area (Å²) in [4.78, 5) is 0. The summed E-state index contributed by atoms with van der Waals surface area (Å²) in [6.45, 7) is 0. The molecule has 2 rings (SSSR count). The first-order valence-corrected chi connectivity index (χ1v) is 4.64. The lowest BCUT2D eigenvalue weighted by Gasteiger charge is -2.14. The highest BCUT2D eigenvalue weighted by atomic mass is 35.5. The number of phenolic OH excluding ortho intramolecular Hbond substituents is 1. The molecule has 0 amide bonds. The smallest absolute Gasteiger partial charge is 0.122 e. The molecule has 1 atom stereocenters. The normalized spacial score (nSPS) is 12.7. The highest BCUT2D eigenvalue weighted by Crippen LogP contribution is 2.26. The molecule has 1 heterocycles. The standard InChI is InChI=1S/C9H9ClN4O/c10-6-1-2-8(15)7(3-6)9(11)14-4-12-13-5-14/h1-5,9,15H,11H2. The van der Waals surface area contributed by atoms with Gasteiger partial charge in [0, 0.05) is 10.6 Å². The molecule has 0 aliphatic rings. The number of benzene rings is 1. The summed E-state index contributed by atoms with van der Waals surface area (Å²) in [6.07, 6.45) is 2.41. The molecule has 3 N–H and O–H groups in total. The molecule has 0 fully saturated rings.